The third kappa shape index (κ3) is 4.11. The van der Waals surface area contributed by atoms with Crippen LogP contribution in [0.4, 0.5) is 10.1 Å². The van der Waals surface area contributed by atoms with E-state index >= 15 is 0 Å². The Hall–Kier alpha value is -2.11. The molecule has 0 aromatic heterocycles. The molecule has 2 aromatic carbocycles. The molecular weight excluding hydrogens is 366 g/mol. The third-order valence-electron chi connectivity index (χ3n) is 4.08. The number of amides is 2. The molecule has 1 fully saturated rings. The summed E-state index contributed by atoms with van der Waals surface area (Å²) in [4.78, 5) is 26.2. The summed E-state index contributed by atoms with van der Waals surface area (Å²) >= 11 is 12.0. The summed E-state index contributed by atoms with van der Waals surface area (Å²) in [7, 11) is 0. The number of likely N-dealkylation sites (tertiary alicyclic amines) is 1. The highest BCUT2D eigenvalue weighted by Gasteiger charge is 2.34. The van der Waals surface area contributed by atoms with Crippen LogP contribution >= 0.6 is 23.2 Å². The average molecular weight is 381 g/mol. The van der Waals surface area contributed by atoms with Crippen molar-refractivity contribution in [2.75, 3.05) is 11.9 Å². The molecule has 25 heavy (non-hydrogen) atoms. The van der Waals surface area contributed by atoms with Gasteiger partial charge in [0.05, 0.1) is 21.7 Å². The van der Waals surface area contributed by atoms with Crippen LogP contribution in [0.5, 0.6) is 0 Å². The van der Waals surface area contributed by atoms with Gasteiger partial charge in [-0.15, -0.1) is 0 Å². The number of hydrogen-bond acceptors (Lipinski definition) is 2. The van der Waals surface area contributed by atoms with E-state index in [0.29, 0.717) is 23.8 Å². The fraction of sp³-hybridized carbons (Fsp3) is 0.222. The van der Waals surface area contributed by atoms with Crippen molar-refractivity contribution < 1.29 is 14.0 Å². The molecule has 1 N–H and O–H groups in total. The maximum absolute atomic E-state index is 13.0. The van der Waals surface area contributed by atoms with Gasteiger partial charge in [0.25, 0.3) is 0 Å². The number of rotatable bonds is 4. The molecule has 0 saturated carbocycles. The Bertz CT molecular complexity index is 811. The molecule has 2 amide bonds. The number of carbonyl (C=O) groups is 2. The number of nitrogens with one attached hydrogen (secondary N) is 1. The van der Waals surface area contributed by atoms with Crippen LogP contribution < -0.4 is 5.32 Å². The summed E-state index contributed by atoms with van der Waals surface area (Å²) < 4.78 is 13.0. The van der Waals surface area contributed by atoms with E-state index in [1.807, 2.05) is 0 Å². The van der Waals surface area contributed by atoms with E-state index in [2.05, 4.69) is 5.32 Å². The molecule has 1 atom stereocenters. The summed E-state index contributed by atoms with van der Waals surface area (Å²) in [6, 6.07) is 10.9. The van der Waals surface area contributed by atoms with Crippen molar-refractivity contribution in [3.63, 3.8) is 0 Å². The van der Waals surface area contributed by atoms with Crippen molar-refractivity contribution in [1.29, 1.82) is 0 Å². The molecule has 2 aromatic rings. The Kier molecular flexibility index (Phi) is 5.25. The van der Waals surface area contributed by atoms with Crippen LogP contribution in [-0.2, 0) is 16.1 Å². The second-order valence-electron chi connectivity index (χ2n) is 5.89. The zero-order chi connectivity index (χ0) is 18.0. The minimum Gasteiger partial charge on any atom is -0.338 e. The van der Waals surface area contributed by atoms with Gasteiger partial charge in [-0.25, -0.2) is 4.39 Å². The van der Waals surface area contributed by atoms with Gasteiger partial charge in [0, 0.05) is 19.5 Å². The summed E-state index contributed by atoms with van der Waals surface area (Å²) in [5.74, 6) is -1.18. The van der Waals surface area contributed by atoms with Crippen LogP contribution in [0.1, 0.15) is 12.0 Å². The molecule has 1 aliphatic heterocycles. The lowest BCUT2D eigenvalue weighted by atomic mass is 10.1. The van der Waals surface area contributed by atoms with E-state index in [-0.39, 0.29) is 29.1 Å². The van der Waals surface area contributed by atoms with Gasteiger partial charge >= 0.3 is 0 Å². The van der Waals surface area contributed by atoms with E-state index < -0.39 is 5.92 Å². The van der Waals surface area contributed by atoms with Crippen LogP contribution in [0.2, 0.25) is 10.0 Å². The van der Waals surface area contributed by atoms with Gasteiger partial charge in [0.1, 0.15) is 5.82 Å². The first kappa shape index (κ1) is 17.7. The predicted molar refractivity (Wildman–Crippen MR) is 95.0 cm³/mol. The van der Waals surface area contributed by atoms with E-state index in [1.165, 1.54) is 12.1 Å². The fourth-order valence-electron chi connectivity index (χ4n) is 2.75. The van der Waals surface area contributed by atoms with Gasteiger partial charge in [-0.2, -0.15) is 0 Å². The number of nitrogens with zero attached hydrogens (tertiary/aromatic N) is 1. The molecule has 1 aliphatic rings. The topological polar surface area (TPSA) is 49.4 Å². The normalized spacial score (nSPS) is 17.0. The second-order valence-corrected chi connectivity index (χ2v) is 6.68. The molecule has 0 aliphatic carbocycles. The predicted octanol–water partition coefficient (Wildman–Crippen LogP) is 4.12. The highest BCUT2D eigenvalue weighted by molar-refractivity contribution is 6.44. The van der Waals surface area contributed by atoms with Gasteiger partial charge in [0.2, 0.25) is 11.8 Å². The van der Waals surface area contributed by atoms with Crippen molar-refractivity contribution >= 4 is 40.7 Å². The monoisotopic (exact) mass is 380 g/mol. The Labute approximate surface area is 154 Å². The largest absolute Gasteiger partial charge is 0.338 e. The number of anilines is 1. The Morgan fingerprint density at radius 2 is 1.92 bits per heavy atom. The number of benzene rings is 2. The lowest BCUT2D eigenvalue weighted by Gasteiger charge is -2.17. The summed E-state index contributed by atoms with van der Waals surface area (Å²) in [5, 5.41) is 3.34. The van der Waals surface area contributed by atoms with Crippen LogP contribution in [0.25, 0.3) is 0 Å². The minimum absolute atomic E-state index is 0.110. The van der Waals surface area contributed by atoms with Crippen LogP contribution in [-0.4, -0.2) is 23.3 Å². The van der Waals surface area contributed by atoms with E-state index in [4.69, 9.17) is 23.2 Å². The first-order valence-corrected chi connectivity index (χ1v) is 8.46. The maximum atomic E-state index is 13.0. The Balaban J connectivity index is 1.64. The van der Waals surface area contributed by atoms with Crippen LogP contribution in [0.3, 0.4) is 0 Å². The second kappa shape index (κ2) is 7.42. The molecule has 7 heteroatoms. The molecule has 0 spiro atoms. The van der Waals surface area contributed by atoms with E-state index in [9.17, 15) is 14.0 Å². The highest BCUT2D eigenvalue weighted by Crippen LogP contribution is 2.30. The van der Waals surface area contributed by atoms with E-state index in [1.54, 1.807) is 35.2 Å². The molecule has 3 rings (SSSR count). The average Bonchev–Trinajstić information content (AvgIpc) is 2.95. The molecule has 0 radical (unpaired) electrons. The molecular formula is C18H15Cl2FN2O2. The molecule has 1 saturated heterocycles. The summed E-state index contributed by atoms with van der Waals surface area (Å²) in [6.07, 6.45) is 0.130. The Morgan fingerprint density at radius 3 is 2.64 bits per heavy atom. The van der Waals surface area contributed by atoms with Crippen molar-refractivity contribution in [2.45, 2.75) is 13.0 Å². The van der Waals surface area contributed by atoms with Gasteiger partial charge < -0.3 is 10.2 Å². The Morgan fingerprint density at radius 1 is 1.20 bits per heavy atom. The number of hydrogen-bond donors (Lipinski definition) is 1. The SMILES string of the molecule is O=C(Nc1cccc(Cl)c1Cl)C1CC(=O)N(Cc2ccc(F)cc2)C1. The third-order valence-corrected chi connectivity index (χ3v) is 4.90. The lowest BCUT2D eigenvalue weighted by Crippen LogP contribution is -2.28. The number of halogens is 3. The summed E-state index contributed by atoms with van der Waals surface area (Å²) in [5.41, 5.74) is 1.23. The van der Waals surface area contributed by atoms with Gasteiger partial charge in [-0.05, 0) is 29.8 Å². The number of carbonyl (C=O) groups excluding carboxylic acids is 2. The van der Waals surface area contributed by atoms with E-state index in [0.717, 1.165) is 5.56 Å². The zero-order valence-corrected chi connectivity index (χ0v) is 14.6. The standard InChI is InChI=1S/C18H15Cl2FN2O2/c19-14-2-1-3-15(17(14)20)22-18(25)12-8-16(24)23(10-12)9-11-4-6-13(21)7-5-11/h1-7,12H,8-10H2,(H,22,25). The van der Waals surface area contributed by atoms with Crippen molar-refractivity contribution in [3.8, 4) is 0 Å². The lowest BCUT2D eigenvalue weighted by molar-refractivity contribution is -0.128. The molecule has 0 bridgehead atoms. The summed E-state index contributed by atoms with van der Waals surface area (Å²) in [6.45, 7) is 0.654. The van der Waals surface area contributed by atoms with Crippen molar-refractivity contribution in [3.05, 3.63) is 63.9 Å². The molecule has 130 valence electrons. The molecule has 4 nitrogen and oxygen atoms in total. The maximum Gasteiger partial charge on any atom is 0.229 e. The zero-order valence-electron chi connectivity index (χ0n) is 13.1. The van der Waals surface area contributed by atoms with Gasteiger partial charge in [-0.1, -0.05) is 41.4 Å². The van der Waals surface area contributed by atoms with Crippen LogP contribution in [0.15, 0.2) is 42.5 Å². The van der Waals surface area contributed by atoms with Crippen molar-refractivity contribution in [1.82, 2.24) is 4.90 Å². The molecule has 1 unspecified atom stereocenters. The smallest absolute Gasteiger partial charge is 0.229 e. The van der Waals surface area contributed by atoms with Crippen molar-refractivity contribution in [2.24, 2.45) is 5.92 Å². The molecule has 1 heterocycles. The van der Waals surface area contributed by atoms with Gasteiger partial charge in [0.15, 0.2) is 0 Å². The van der Waals surface area contributed by atoms with Gasteiger partial charge in [-0.3, -0.25) is 9.59 Å². The first-order valence-electron chi connectivity index (χ1n) is 7.71. The first-order chi connectivity index (χ1) is 11.9. The van der Waals surface area contributed by atoms with Crippen LogP contribution in [0, 0.1) is 11.7 Å². The fourth-order valence-corrected chi connectivity index (χ4v) is 3.09. The quantitative estimate of drug-likeness (QED) is 0.866. The highest BCUT2D eigenvalue weighted by atomic mass is 35.5. The minimum atomic E-state index is -0.469.